The average Bonchev–Trinajstić information content (AvgIpc) is 1.69. The molecule has 6 atom stereocenters. The number of alkyl halides is 2. The van der Waals surface area contributed by atoms with Gasteiger partial charge in [0, 0.05) is 62.2 Å². The van der Waals surface area contributed by atoms with Crippen molar-refractivity contribution in [3.05, 3.63) is 104 Å². The zero-order valence-corrected chi connectivity index (χ0v) is 52.4. The van der Waals surface area contributed by atoms with Crippen molar-refractivity contribution >= 4 is 93.4 Å². The number of carbonyl (C=O) groups excluding carboxylic acids is 9. The number of amides is 9. The van der Waals surface area contributed by atoms with Crippen molar-refractivity contribution in [1.29, 1.82) is 0 Å². The number of aromatic nitrogens is 2. The maximum absolute atomic E-state index is 15.8. The number of likely N-dealkylation sites (tertiary alicyclic amines) is 1. The summed E-state index contributed by atoms with van der Waals surface area (Å²) < 4.78 is 91.9. The average molecular weight is 1310 g/mol. The van der Waals surface area contributed by atoms with Crippen LogP contribution in [0.15, 0.2) is 65.5 Å². The number of hydrogen-bond donors (Lipinski definition) is 5. The maximum atomic E-state index is 15.8. The van der Waals surface area contributed by atoms with Gasteiger partial charge in [-0.25, -0.2) is 18.4 Å². The van der Waals surface area contributed by atoms with Crippen LogP contribution in [-0.4, -0.2) is 154 Å². The molecule has 0 saturated carbocycles. The van der Waals surface area contributed by atoms with E-state index in [-0.39, 0.29) is 111 Å². The van der Waals surface area contributed by atoms with Crippen LogP contribution < -0.4 is 32.7 Å². The second-order valence-electron chi connectivity index (χ2n) is 23.2. The van der Waals surface area contributed by atoms with Gasteiger partial charge in [-0.05, 0) is 143 Å². The lowest BCUT2D eigenvalue weighted by molar-refractivity contribution is -0.144. The summed E-state index contributed by atoms with van der Waals surface area (Å²) in [5.41, 5.74) is 2.75. The van der Waals surface area contributed by atoms with Crippen LogP contribution in [0.1, 0.15) is 117 Å². The van der Waals surface area contributed by atoms with Crippen molar-refractivity contribution in [3.63, 3.8) is 0 Å². The second kappa shape index (κ2) is 28.7. The number of nitrogens with two attached hydrogens (primary N) is 1. The Morgan fingerprint density at radius 3 is 2.22 bits per heavy atom. The quantitative estimate of drug-likeness (QED) is 0.0294. The van der Waals surface area contributed by atoms with Crippen molar-refractivity contribution in [2.75, 3.05) is 46.5 Å². The molecular weight excluding hydrogens is 1240 g/mol. The number of primary amides is 1. The highest BCUT2D eigenvalue weighted by Crippen LogP contribution is 2.67. The maximum Gasteiger partial charge on any atom is 0.409 e. The molecule has 24 nitrogen and oxygen atoms in total. The van der Waals surface area contributed by atoms with Crippen molar-refractivity contribution in [2.45, 2.75) is 139 Å². The number of imide groups is 1. The zero-order chi connectivity index (χ0) is 65.6. The molecule has 5 aromatic rings. The van der Waals surface area contributed by atoms with Gasteiger partial charge < -0.3 is 50.2 Å². The Balaban J connectivity index is 0.873. The van der Waals surface area contributed by atoms with E-state index in [1.165, 1.54) is 51.0 Å². The van der Waals surface area contributed by atoms with Crippen LogP contribution in [-0.2, 0) is 77.5 Å². The predicted molar refractivity (Wildman–Crippen MR) is 323 cm³/mol. The Kier molecular flexibility index (Phi) is 21.2. The van der Waals surface area contributed by atoms with Gasteiger partial charge in [0.15, 0.2) is 11.6 Å². The van der Waals surface area contributed by atoms with E-state index in [9.17, 15) is 61.3 Å². The van der Waals surface area contributed by atoms with Crippen molar-refractivity contribution in [1.82, 2.24) is 45.1 Å². The molecule has 3 aromatic carbocycles. The molecule has 4 fully saturated rings. The first-order valence-corrected chi connectivity index (χ1v) is 32.6. The highest BCUT2D eigenvalue weighted by atomic mass is 32.1. The third-order valence-electron chi connectivity index (χ3n) is 17.3. The van der Waals surface area contributed by atoms with Gasteiger partial charge in [-0.3, -0.25) is 57.4 Å². The van der Waals surface area contributed by atoms with E-state index in [4.69, 9.17) is 19.5 Å². The van der Waals surface area contributed by atoms with Gasteiger partial charge in [0.25, 0.3) is 5.91 Å². The number of halogens is 4. The molecule has 9 rings (SSSR count). The first-order valence-electron chi connectivity index (χ1n) is 30.3. The van der Waals surface area contributed by atoms with E-state index in [1.54, 1.807) is 18.0 Å². The lowest BCUT2D eigenvalue weighted by Gasteiger charge is -2.38. The minimum absolute atomic E-state index is 0.0136. The fourth-order valence-corrected chi connectivity index (χ4v) is 15.0. The third-order valence-corrected chi connectivity index (χ3v) is 20.5. The summed E-state index contributed by atoms with van der Waals surface area (Å²) in [5, 5.41) is 10.5. The summed E-state index contributed by atoms with van der Waals surface area (Å²) in [4.78, 5) is 140. The molecule has 91 heavy (non-hydrogen) atoms. The number of carbonyl (C=O) groups is 9. The summed E-state index contributed by atoms with van der Waals surface area (Å²) in [7, 11) is -2.22. The molecule has 4 aliphatic heterocycles. The molecule has 0 aliphatic carbocycles. The zero-order valence-electron chi connectivity index (χ0n) is 50.6. The fraction of sp³-hybridized carbons (Fsp3) is 0.508. The Morgan fingerprint density at radius 1 is 0.824 bits per heavy atom. The number of nitrogens with one attached hydrogen (secondary N) is 4. The minimum Gasteiger partial charge on any atom is -0.453 e. The molecule has 30 heteroatoms. The summed E-state index contributed by atoms with van der Waals surface area (Å²) in [6.45, 7) is 2.29. The number of imidazole rings is 1. The fourth-order valence-electron chi connectivity index (χ4n) is 12.6. The number of methoxy groups -OCH3 is 1. The van der Waals surface area contributed by atoms with Crippen molar-refractivity contribution in [3.8, 4) is 0 Å². The molecule has 9 amide bonds. The molecular formula is C61H73F4N10O14PS. The summed E-state index contributed by atoms with van der Waals surface area (Å²) in [6, 6.07) is 6.13. The lowest BCUT2D eigenvalue weighted by atomic mass is 9.90. The van der Waals surface area contributed by atoms with E-state index < -0.39 is 127 Å². The van der Waals surface area contributed by atoms with Gasteiger partial charge in [-0.2, -0.15) is 8.78 Å². The number of thiophene rings is 1. The number of nitrogens with zero attached hydrogens (tertiary/aromatic N) is 5. The van der Waals surface area contributed by atoms with Crippen molar-refractivity contribution in [2.24, 2.45) is 18.7 Å². The summed E-state index contributed by atoms with van der Waals surface area (Å²) in [5.74, 6) is -7.83. The minimum atomic E-state index is -4.99. The topological polar surface area (TPSA) is 309 Å². The van der Waals surface area contributed by atoms with E-state index in [2.05, 4.69) is 21.3 Å². The highest BCUT2D eigenvalue weighted by Gasteiger charge is 2.55. The summed E-state index contributed by atoms with van der Waals surface area (Å²) >= 11 is 0.897. The number of fused-ring (bicyclic) bond motifs is 3. The van der Waals surface area contributed by atoms with Gasteiger partial charge in [-0.1, -0.05) is 18.2 Å². The molecule has 0 spiro atoms. The Bertz CT molecular complexity index is 3750. The largest absolute Gasteiger partial charge is 0.453 e. The lowest BCUT2D eigenvalue weighted by Crippen LogP contribution is -2.62. The van der Waals surface area contributed by atoms with Crippen LogP contribution in [0.2, 0.25) is 0 Å². The molecule has 0 bridgehead atoms. The molecule has 2 unspecified atom stereocenters. The number of ether oxygens (including phenoxy) is 1. The number of hydrogen-bond acceptors (Lipinski definition) is 15. The highest BCUT2D eigenvalue weighted by molar-refractivity contribution is 7.54. The molecule has 4 saturated heterocycles. The standard InChI is InChI=1S/C61H73F4N10O14PS/c1-5-88-90(86,89-6-2)61(64,65)38-12-19-49-37(31-38)32-50(91-49)56(81)69-44-33-73(60(85)87-4)27-24-39-13-17-46(74(39)58(44)83)54(79)67-42(15-20-51(66)76)53(78)68-43(29-36-10-14-40(62)41(63)28-36)57(82)72-25-22-34(23-26-72)8-7-9-35-11-16-45-48(30-35)71(3)59(84)75(45)47-18-21-52(77)70-55(47)80/h10-12,14,16,19,28,30-32,34,39,42-44,46-47H,5-9,13,15,17-18,20-27,29,33H2,1-4H3,(H2,66,76)(H,67,79)(H,68,78)(H,69,81)(H,70,77,80)/t39-,42+,43+,44?,46+,47?/m1/s1. The van der Waals surface area contributed by atoms with E-state index >= 15 is 8.78 Å². The van der Waals surface area contributed by atoms with Crippen LogP contribution in [0.3, 0.4) is 0 Å². The Hall–Kier alpha value is -8.01. The van der Waals surface area contributed by atoms with Gasteiger partial charge in [0.05, 0.1) is 42.8 Å². The van der Waals surface area contributed by atoms with Crippen LogP contribution in [0.25, 0.3) is 21.1 Å². The Morgan fingerprint density at radius 2 is 1.54 bits per heavy atom. The van der Waals surface area contributed by atoms with Crippen LogP contribution in [0, 0.1) is 17.6 Å². The molecule has 6 N–H and O–H groups in total. The third kappa shape index (κ3) is 14.8. The number of benzene rings is 3. The first-order chi connectivity index (χ1) is 43.3. The summed E-state index contributed by atoms with van der Waals surface area (Å²) in [6.07, 6.45) is 2.26. The van der Waals surface area contributed by atoms with Crippen LogP contribution >= 0.6 is 18.9 Å². The first kappa shape index (κ1) is 67.4. The Labute approximate surface area is 524 Å². The molecule has 0 radical (unpaired) electrons. The van der Waals surface area contributed by atoms with Crippen LogP contribution in [0.5, 0.6) is 0 Å². The molecule has 2 aromatic heterocycles. The van der Waals surface area contributed by atoms with E-state index in [0.29, 0.717) is 35.0 Å². The van der Waals surface area contributed by atoms with Crippen LogP contribution in [0.4, 0.5) is 22.4 Å². The smallest absolute Gasteiger partial charge is 0.409 e. The number of aryl methyl sites for hydroxylation is 2. The van der Waals surface area contributed by atoms with Crippen molar-refractivity contribution < 1.29 is 79.1 Å². The second-order valence-corrected chi connectivity index (χ2v) is 26.4. The van der Waals surface area contributed by atoms with Gasteiger partial charge >= 0.3 is 25.0 Å². The molecule has 6 heterocycles. The number of rotatable bonds is 23. The molecule has 4 aliphatic rings. The molecule has 490 valence electrons. The monoisotopic (exact) mass is 1310 g/mol. The van der Waals surface area contributed by atoms with E-state index in [0.717, 1.165) is 61.1 Å². The normalized spacial score (nSPS) is 20.0. The SMILES string of the molecule is CCOP(=O)(OCC)C(F)(F)c1ccc2sc(C(=O)NC3CN(C(=O)OC)CC[C@H]4CC[C@@H](C(=O)N[C@@H](CCC(N)=O)C(=O)N[C@@H](Cc5ccc(F)c(F)c5)C(=O)N5CCC(CCCc6ccc7c(c6)n(C)c(=O)n7C6CCC(=O)NC6=O)CC5)N4C3=O)cc2c1. The van der Waals surface area contributed by atoms with E-state index in [1.807, 2.05) is 12.1 Å². The van der Waals surface area contributed by atoms with Gasteiger partial charge in [0.1, 0.15) is 30.2 Å². The number of piperidine rings is 2. The van der Waals surface area contributed by atoms with Gasteiger partial charge in [0.2, 0.25) is 41.4 Å². The van der Waals surface area contributed by atoms with Gasteiger partial charge in [-0.15, -0.1) is 11.3 Å². The predicted octanol–water partition coefficient (Wildman–Crippen LogP) is 5.80.